The molecule has 1 aromatic carbocycles. The zero-order chi connectivity index (χ0) is 15.4. The Morgan fingerprint density at radius 2 is 1.91 bits per heavy atom. The molecule has 0 aromatic heterocycles. The smallest absolute Gasteiger partial charge is 0.211 e. The third-order valence-corrected chi connectivity index (χ3v) is 4.89. The second-order valence-electron chi connectivity index (χ2n) is 6.11. The van der Waals surface area contributed by atoms with E-state index in [2.05, 4.69) is 21.2 Å². The summed E-state index contributed by atoms with van der Waals surface area (Å²) in [6, 6.07) is 6.75. The van der Waals surface area contributed by atoms with Gasteiger partial charge in [-0.1, -0.05) is 0 Å². The van der Waals surface area contributed by atoms with Crippen molar-refractivity contribution < 1.29 is 9.53 Å². The first-order valence-corrected chi connectivity index (χ1v) is 8.19. The van der Waals surface area contributed by atoms with E-state index in [4.69, 9.17) is 4.74 Å². The lowest BCUT2D eigenvalue weighted by Crippen LogP contribution is -2.43. The lowest BCUT2D eigenvalue weighted by Gasteiger charge is -2.38. The molecule has 120 valence electrons. The molecular weight excluding hydrogens is 278 g/mol. The Morgan fingerprint density at radius 1 is 1.18 bits per heavy atom. The van der Waals surface area contributed by atoms with Crippen LogP contribution < -0.4 is 15.0 Å². The van der Waals surface area contributed by atoms with Crippen molar-refractivity contribution in [3.05, 3.63) is 18.2 Å². The van der Waals surface area contributed by atoms with Crippen LogP contribution in [0.15, 0.2) is 18.2 Å². The fraction of sp³-hybridized carbons (Fsp3) is 0.588. The number of carbonyl (C=O) groups excluding carboxylic acids is 1. The Bertz CT molecular complexity index is 507. The number of rotatable bonds is 5. The maximum absolute atomic E-state index is 10.6. The standard InChI is InChI=1S/C17H25N3O2/c1-22-17-12-15(4-5-16(17)18-13-21)20-10-6-14(7-11-20)19-8-2-3-9-19/h4-5,12-14H,2-3,6-11H2,1H3,(H,18,21). The van der Waals surface area contributed by atoms with E-state index in [0.717, 1.165) is 19.1 Å². The average molecular weight is 303 g/mol. The van der Waals surface area contributed by atoms with Gasteiger partial charge in [-0.25, -0.2) is 0 Å². The first-order valence-electron chi connectivity index (χ1n) is 8.19. The maximum atomic E-state index is 10.6. The van der Waals surface area contributed by atoms with Crippen LogP contribution in [-0.4, -0.2) is 50.6 Å². The van der Waals surface area contributed by atoms with E-state index in [1.807, 2.05) is 12.1 Å². The third-order valence-electron chi connectivity index (χ3n) is 4.89. The van der Waals surface area contributed by atoms with Crippen molar-refractivity contribution in [1.82, 2.24) is 4.90 Å². The molecule has 3 rings (SSSR count). The van der Waals surface area contributed by atoms with E-state index in [1.165, 1.54) is 44.5 Å². The highest BCUT2D eigenvalue weighted by Gasteiger charge is 2.26. The molecule has 5 heteroatoms. The second kappa shape index (κ2) is 7.01. The summed E-state index contributed by atoms with van der Waals surface area (Å²) in [6.07, 6.45) is 5.87. The van der Waals surface area contributed by atoms with Crippen LogP contribution >= 0.6 is 0 Å². The molecule has 2 saturated heterocycles. The maximum Gasteiger partial charge on any atom is 0.211 e. The largest absolute Gasteiger partial charge is 0.494 e. The topological polar surface area (TPSA) is 44.8 Å². The summed E-state index contributed by atoms with van der Waals surface area (Å²) in [5, 5.41) is 2.67. The summed E-state index contributed by atoms with van der Waals surface area (Å²) in [4.78, 5) is 15.7. The SMILES string of the molecule is COc1cc(N2CCC(N3CCCC3)CC2)ccc1NC=O. The van der Waals surface area contributed by atoms with Crippen LogP contribution in [0, 0.1) is 0 Å². The van der Waals surface area contributed by atoms with Gasteiger partial charge in [0.05, 0.1) is 12.8 Å². The zero-order valence-electron chi connectivity index (χ0n) is 13.3. The van der Waals surface area contributed by atoms with Crippen LogP contribution in [0.1, 0.15) is 25.7 Å². The minimum absolute atomic E-state index is 0.680. The molecule has 1 amide bonds. The molecule has 2 heterocycles. The molecule has 2 fully saturated rings. The van der Waals surface area contributed by atoms with Crippen molar-refractivity contribution >= 4 is 17.8 Å². The van der Waals surface area contributed by atoms with Crippen molar-refractivity contribution in [2.24, 2.45) is 0 Å². The number of likely N-dealkylation sites (tertiary alicyclic amines) is 1. The Kier molecular flexibility index (Phi) is 4.83. The summed E-state index contributed by atoms with van der Waals surface area (Å²) >= 11 is 0. The normalized spacial score (nSPS) is 20.1. The predicted octanol–water partition coefficient (Wildman–Crippen LogP) is 2.33. The van der Waals surface area contributed by atoms with E-state index in [9.17, 15) is 4.79 Å². The van der Waals surface area contributed by atoms with Gasteiger partial charge in [0.1, 0.15) is 5.75 Å². The molecule has 2 aliphatic heterocycles. The lowest BCUT2D eigenvalue weighted by molar-refractivity contribution is -0.105. The predicted molar refractivity (Wildman–Crippen MR) is 88.7 cm³/mol. The van der Waals surface area contributed by atoms with E-state index in [0.29, 0.717) is 17.8 Å². The summed E-state index contributed by atoms with van der Waals surface area (Å²) in [7, 11) is 1.63. The highest BCUT2D eigenvalue weighted by Crippen LogP contribution is 2.31. The molecule has 5 nitrogen and oxygen atoms in total. The number of piperidine rings is 1. The molecule has 0 spiro atoms. The molecule has 0 atom stereocenters. The van der Waals surface area contributed by atoms with Gasteiger partial charge in [-0.3, -0.25) is 4.79 Å². The number of carbonyl (C=O) groups is 1. The summed E-state index contributed by atoms with van der Waals surface area (Å²) in [5.74, 6) is 0.714. The Hall–Kier alpha value is -1.75. The van der Waals surface area contributed by atoms with Crippen LogP contribution in [0.4, 0.5) is 11.4 Å². The summed E-state index contributed by atoms with van der Waals surface area (Å²) < 4.78 is 5.38. The number of methoxy groups -OCH3 is 1. The molecule has 0 unspecified atom stereocenters. The lowest BCUT2D eigenvalue weighted by atomic mass is 10.0. The van der Waals surface area contributed by atoms with E-state index >= 15 is 0 Å². The molecule has 0 radical (unpaired) electrons. The number of anilines is 2. The fourth-order valence-corrected chi connectivity index (χ4v) is 3.66. The first kappa shape index (κ1) is 15.2. The highest BCUT2D eigenvalue weighted by molar-refractivity contribution is 5.77. The number of benzene rings is 1. The highest BCUT2D eigenvalue weighted by atomic mass is 16.5. The molecule has 22 heavy (non-hydrogen) atoms. The van der Waals surface area contributed by atoms with Crippen molar-refractivity contribution in [3.8, 4) is 5.75 Å². The number of nitrogens with zero attached hydrogens (tertiary/aromatic N) is 2. The van der Waals surface area contributed by atoms with Gasteiger partial charge in [0.15, 0.2) is 0 Å². The zero-order valence-corrected chi connectivity index (χ0v) is 13.3. The monoisotopic (exact) mass is 303 g/mol. The minimum atomic E-state index is 0.680. The fourth-order valence-electron chi connectivity index (χ4n) is 3.66. The molecule has 1 aromatic rings. The summed E-state index contributed by atoms with van der Waals surface area (Å²) in [5.41, 5.74) is 1.89. The van der Waals surface area contributed by atoms with E-state index < -0.39 is 0 Å². The van der Waals surface area contributed by atoms with Crippen LogP contribution in [0.3, 0.4) is 0 Å². The van der Waals surface area contributed by atoms with Gasteiger partial charge in [-0.15, -0.1) is 0 Å². The van der Waals surface area contributed by atoms with Crippen LogP contribution in [-0.2, 0) is 4.79 Å². The van der Waals surface area contributed by atoms with Gasteiger partial charge in [0.2, 0.25) is 6.41 Å². The van der Waals surface area contributed by atoms with Crippen LogP contribution in [0.2, 0.25) is 0 Å². The van der Waals surface area contributed by atoms with Crippen LogP contribution in [0.25, 0.3) is 0 Å². The number of nitrogens with one attached hydrogen (secondary N) is 1. The number of amides is 1. The van der Waals surface area contributed by atoms with Gasteiger partial charge in [-0.05, 0) is 50.9 Å². The average Bonchev–Trinajstić information content (AvgIpc) is 3.10. The quantitative estimate of drug-likeness (QED) is 0.848. The molecule has 0 bridgehead atoms. The van der Waals surface area contributed by atoms with Gasteiger partial charge in [0.25, 0.3) is 0 Å². The molecule has 1 N–H and O–H groups in total. The van der Waals surface area contributed by atoms with Gasteiger partial charge >= 0.3 is 0 Å². The van der Waals surface area contributed by atoms with Gasteiger partial charge < -0.3 is 19.9 Å². The van der Waals surface area contributed by atoms with E-state index in [-0.39, 0.29) is 0 Å². The summed E-state index contributed by atoms with van der Waals surface area (Å²) in [6.45, 7) is 4.74. The van der Waals surface area contributed by atoms with Crippen LogP contribution in [0.5, 0.6) is 5.75 Å². The van der Waals surface area contributed by atoms with Crippen molar-refractivity contribution in [3.63, 3.8) is 0 Å². The molecular formula is C17H25N3O2. The Balaban J connectivity index is 1.64. The Morgan fingerprint density at radius 3 is 2.55 bits per heavy atom. The minimum Gasteiger partial charge on any atom is -0.494 e. The number of ether oxygens (including phenoxy) is 1. The molecule has 0 aliphatic carbocycles. The van der Waals surface area contributed by atoms with Gasteiger partial charge in [0, 0.05) is 30.9 Å². The van der Waals surface area contributed by atoms with E-state index in [1.54, 1.807) is 7.11 Å². The van der Waals surface area contributed by atoms with Gasteiger partial charge in [-0.2, -0.15) is 0 Å². The third kappa shape index (κ3) is 3.19. The molecule has 0 saturated carbocycles. The van der Waals surface area contributed by atoms with Crippen molar-refractivity contribution in [1.29, 1.82) is 0 Å². The first-order chi connectivity index (χ1) is 10.8. The van der Waals surface area contributed by atoms with Crippen molar-refractivity contribution in [2.75, 3.05) is 43.5 Å². The number of hydrogen-bond donors (Lipinski definition) is 1. The number of hydrogen-bond acceptors (Lipinski definition) is 4. The second-order valence-corrected chi connectivity index (χ2v) is 6.11. The molecule has 2 aliphatic rings. The Labute approximate surface area is 132 Å². The van der Waals surface area contributed by atoms with Crippen molar-refractivity contribution in [2.45, 2.75) is 31.7 Å².